The summed E-state index contributed by atoms with van der Waals surface area (Å²) in [6.45, 7) is 1.33. The van der Waals surface area contributed by atoms with Crippen LogP contribution in [0.4, 0.5) is 4.79 Å². The van der Waals surface area contributed by atoms with Crippen molar-refractivity contribution in [2.45, 2.75) is 13.0 Å². The zero-order valence-corrected chi connectivity index (χ0v) is 12.6. The van der Waals surface area contributed by atoms with E-state index in [9.17, 15) is 19.5 Å². The highest BCUT2D eigenvalue weighted by Crippen LogP contribution is 2.25. The third-order valence-corrected chi connectivity index (χ3v) is 3.20. The Bertz CT molecular complexity index is 772. The number of rotatable bonds is 3. The smallest absolute Gasteiger partial charge is 0.342 e. The van der Waals surface area contributed by atoms with E-state index in [0.29, 0.717) is 0 Å². The number of nitrogens with one attached hydrogen (secondary N) is 2. The largest absolute Gasteiger partial charge is 0.507 e. The fraction of sp³-hybridized carbons (Fsp3) is 0.188. The molecule has 2 rings (SSSR count). The lowest BCUT2D eigenvalue weighted by Gasteiger charge is -2.13. The van der Waals surface area contributed by atoms with Crippen LogP contribution in [0.25, 0.3) is 10.8 Å². The molecule has 0 aliphatic carbocycles. The molecule has 0 aliphatic heterocycles. The third kappa shape index (κ3) is 3.76. The number of benzene rings is 2. The summed E-state index contributed by atoms with van der Waals surface area (Å²) in [7, 11) is 1.35. The van der Waals surface area contributed by atoms with E-state index in [1.807, 2.05) is 11.4 Å². The lowest BCUT2D eigenvalue weighted by Crippen LogP contribution is -2.43. The van der Waals surface area contributed by atoms with Crippen molar-refractivity contribution < 1.29 is 24.2 Å². The zero-order valence-electron chi connectivity index (χ0n) is 12.6. The van der Waals surface area contributed by atoms with Gasteiger partial charge >= 0.3 is 12.0 Å². The number of hydrogen-bond donors (Lipinski definition) is 3. The van der Waals surface area contributed by atoms with Gasteiger partial charge in [0.15, 0.2) is 6.10 Å². The normalized spacial score (nSPS) is 11.6. The number of ether oxygens (including phenoxy) is 1. The molecule has 0 heterocycles. The van der Waals surface area contributed by atoms with Gasteiger partial charge in [0, 0.05) is 7.05 Å². The van der Waals surface area contributed by atoms with E-state index < -0.39 is 24.0 Å². The fourth-order valence-electron chi connectivity index (χ4n) is 1.95. The Labute approximate surface area is 132 Å². The highest BCUT2D eigenvalue weighted by Gasteiger charge is 2.22. The molecular formula is C16H16N2O5. The van der Waals surface area contributed by atoms with E-state index in [2.05, 4.69) is 5.32 Å². The van der Waals surface area contributed by atoms with Gasteiger partial charge in [-0.25, -0.2) is 9.59 Å². The Morgan fingerprint density at radius 1 is 1.13 bits per heavy atom. The van der Waals surface area contributed by atoms with E-state index in [0.717, 1.165) is 10.8 Å². The van der Waals surface area contributed by atoms with Gasteiger partial charge < -0.3 is 15.2 Å². The minimum Gasteiger partial charge on any atom is -0.507 e. The number of esters is 1. The van der Waals surface area contributed by atoms with Crippen LogP contribution >= 0.6 is 0 Å². The van der Waals surface area contributed by atoms with E-state index in [-0.39, 0.29) is 11.3 Å². The van der Waals surface area contributed by atoms with Gasteiger partial charge in [-0.3, -0.25) is 10.1 Å². The van der Waals surface area contributed by atoms with Crippen molar-refractivity contribution in [3.05, 3.63) is 42.0 Å². The minimum absolute atomic E-state index is 0.0525. The molecule has 7 nitrogen and oxygen atoms in total. The fourth-order valence-corrected chi connectivity index (χ4v) is 1.95. The number of imide groups is 1. The number of urea groups is 1. The summed E-state index contributed by atoms with van der Waals surface area (Å²) in [6, 6.07) is 9.42. The molecule has 0 saturated carbocycles. The first kappa shape index (κ1) is 16.3. The Morgan fingerprint density at radius 3 is 2.35 bits per heavy atom. The summed E-state index contributed by atoms with van der Waals surface area (Å²) in [6.07, 6.45) is -1.19. The first-order chi connectivity index (χ1) is 10.9. The van der Waals surface area contributed by atoms with Crippen molar-refractivity contribution in [3.63, 3.8) is 0 Å². The number of phenols is 1. The first-order valence-electron chi connectivity index (χ1n) is 6.87. The maximum Gasteiger partial charge on any atom is 0.342 e. The highest BCUT2D eigenvalue weighted by atomic mass is 16.5. The van der Waals surface area contributed by atoms with Gasteiger partial charge in [0.1, 0.15) is 11.3 Å². The van der Waals surface area contributed by atoms with E-state index in [4.69, 9.17) is 4.74 Å². The maximum atomic E-state index is 12.1. The molecule has 3 amide bonds. The van der Waals surface area contributed by atoms with Gasteiger partial charge in [-0.2, -0.15) is 0 Å². The molecule has 0 bridgehead atoms. The molecule has 0 fully saturated rings. The number of phenolic OH excluding ortho intramolecular Hbond substituents is 1. The molecule has 7 heteroatoms. The summed E-state index contributed by atoms with van der Waals surface area (Å²) in [4.78, 5) is 34.8. The quantitative estimate of drug-likeness (QED) is 0.745. The summed E-state index contributed by atoms with van der Waals surface area (Å²) in [5.41, 5.74) is -0.0525. The van der Waals surface area contributed by atoms with Gasteiger partial charge in [0.25, 0.3) is 5.91 Å². The molecule has 0 aromatic heterocycles. The van der Waals surface area contributed by atoms with Crippen molar-refractivity contribution in [2.75, 3.05) is 7.05 Å². The Kier molecular flexibility index (Phi) is 4.80. The summed E-state index contributed by atoms with van der Waals surface area (Å²) >= 11 is 0. The second-order valence-electron chi connectivity index (χ2n) is 4.83. The van der Waals surface area contributed by atoms with Crippen molar-refractivity contribution in [3.8, 4) is 5.75 Å². The predicted molar refractivity (Wildman–Crippen MR) is 83.1 cm³/mol. The SMILES string of the molecule is CNC(=O)NC(=O)[C@@H](C)OC(=O)c1cc2ccccc2cc1O. The lowest BCUT2D eigenvalue weighted by atomic mass is 10.1. The van der Waals surface area contributed by atoms with Gasteiger partial charge in [0.05, 0.1) is 0 Å². The van der Waals surface area contributed by atoms with Crippen molar-refractivity contribution >= 4 is 28.7 Å². The zero-order chi connectivity index (χ0) is 17.0. The number of hydrogen-bond acceptors (Lipinski definition) is 5. The first-order valence-corrected chi connectivity index (χ1v) is 6.87. The molecule has 1 atom stereocenters. The molecule has 2 aromatic rings. The van der Waals surface area contributed by atoms with Crippen LogP contribution in [0.3, 0.4) is 0 Å². The topological polar surface area (TPSA) is 105 Å². The van der Waals surface area contributed by atoms with Gasteiger partial charge in [-0.1, -0.05) is 24.3 Å². The van der Waals surface area contributed by atoms with Crippen LogP contribution in [0, 0.1) is 0 Å². The molecular weight excluding hydrogens is 300 g/mol. The number of carbonyl (C=O) groups excluding carboxylic acids is 3. The second kappa shape index (κ2) is 6.78. The average molecular weight is 316 g/mol. The predicted octanol–water partition coefficient (Wildman–Crippen LogP) is 1.55. The molecule has 23 heavy (non-hydrogen) atoms. The number of amides is 3. The Balaban J connectivity index is 2.15. The van der Waals surface area contributed by atoms with Gasteiger partial charge in [-0.05, 0) is 29.8 Å². The lowest BCUT2D eigenvalue weighted by molar-refractivity contribution is -0.127. The van der Waals surface area contributed by atoms with E-state index in [1.165, 1.54) is 26.1 Å². The van der Waals surface area contributed by atoms with Gasteiger partial charge in [-0.15, -0.1) is 0 Å². The number of aromatic hydroxyl groups is 1. The highest BCUT2D eigenvalue weighted by molar-refractivity contribution is 6.01. The average Bonchev–Trinajstić information content (AvgIpc) is 2.53. The summed E-state index contributed by atoms with van der Waals surface area (Å²) < 4.78 is 4.98. The molecule has 0 radical (unpaired) electrons. The molecule has 0 unspecified atom stereocenters. The van der Waals surface area contributed by atoms with Crippen LogP contribution in [0.1, 0.15) is 17.3 Å². The molecule has 2 aromatic carbocycles. The van der Waals surface area contributed by atoms with Crippen LogP contribution < -0.4 is 10.6 Å². The van der Waals surface area contributed by atoms with Crippen LogP contribution in [0.5, 0.6) is 5.75 Å². The van der Waals surface area contributed by atoms with Crippen LogP contribution in [0.15, 0.2) is 36.4 Å². The second-order valence-corrected chi connectivity index (χ2v) is 4.83. The Hall–Kier alpha value is -3.09. The number of fused-ring (bicyclic) bond motifs is 1. The van der Waals surface area contributed by atoms with Crippen LogP contribution in [-0.2, 0) is 9.53 Å². The van der Waals surface area contributed by atoms with E-state index in [1.54, 1.807) is 18.2 Å². The van der Waals surface area contributed by atoms with Crippen LogP contribution in [0.2, 0.25) is 0 Å². The van der Waals surface area contributed by atoms with E-state index >= 15 is 0 Å². The van der Waals surface area contributed by atoms with Crippen molar-refractivity contribution in [2.24, 2.45) is 0 Å². The third-order valence-electron chi connectivity index (χ3n) is 3.20. The molecule has 120 valence electrons. The van der Waals surface area contributed by atoms with Crippen molar-refractivity contribution in [1.82, 2.24) is 10.6 Å². The van der Waals surface area contributed by atoms with Crippen LogP contribution in [-0.4, -0.2) is 36.2 Å². The molecule has 0 spiro atoms. The summed E-state index contributed by atoms with van der Waals surface area (Å²) in [5, 5.41) is 15.7. The minimum atomic E-state index is -1.19. The Morgan fingerprint density at radius 2 is 1.74 bits per heavy atom. The monoisotopic (exact) mass is 316 g/mol. The standard InChI is InChI=1S/C16H16N2O5/c1-9(14(20)18-16(22)17-2)23-15(21)12-7-10-5-3-4-6-11(10)8-13(12)19/h3-9,19H,1-2H3,(H2,17,18,20,22)/t9-/m1/s1. The number of carbonyl (C=O) groups is 3. The molecule has 0 saturated heterocycles. The summed E-state index contributed by atoms with van der Waals surface area (Å²) in [5.74, 6) is -1.86. The molecule has 3 N–H and O–H groups in total. The maximum absolute atomic E-state index is 12.1. The van der Waals surface area contributed by atoms with Crippen molar-refractivity contribution in [1.29, 1.82) is 0 Å². The molecule has 0 aliphatic rings. The van der Waals surface area contributed by atoms with Gasteiger partial charge in [0.2, 0.25) is 0 Å².